The van der Waals surface area contributed by atoms with E-state index in [-0.39, 0.29) is 5.91 Å². The maximum atomic E-state index is 13.0. The lowest BCUT2D eigenvalue weighted by molar-refractivity contribution is -0.122. The van der Waals surface area contributed by atoms with Crippen molar-refractivity contribution >= 4 is 5.91 Å². The summed E-state index contributed by atoms with van der Waals surface area (Å²) in [6.45, 7) is 2.01. The monoisotopic (exact) mass is 396 g/mol. The van der Waals surface area contributed by atoms with Crippen molar-refractivity contribution in [2.75, 3.05) is 0 Å². The Morgan fingerprint density at radius 3 is 2.66 bits per heavy atom. The van der Waals surface area contributed by atoms with E-state index < -0.39 is 5.54 Å². The first-order chi connectivity index (χ1) is 14.1. The van der Waals surface area contributed by atoms with Gasteiger partial charge in [-0.3, -0.25) is 9.78 Å². The van der Waals surface area contributed by atoms with Gasteiger partial charge in [0, 0.05) is 18.8 Å². The summed E-state index contributed by atoms with van der Waals surface area (Å²) in [6, 6.07) is 1.94. The topological polar surface area (TPSA) is 80.9 Å². The maximum absolute atomic E-state index is 13.0. The number of amides is 1. The fraction of sp³-hybridized carbons (Fsp3) is 0.652. The molecule has 0 radical (unpaired) electrons. The summed E-state index contributed by atoms with van der Waals surface area (Å²) in [5.74, 6) is 2.07. The predicted octanol–water partition coefficient (Wildman–Crippen LogP) is 4.41. The molecule has 2 aliphatic rings. The van der Waals surface area contributed by atoms with E-state index in [4.69, 9.17) is 9.51 Å². The van der Waals surface area contributed by atoms with Gasteiger partial charge in [0.25, 0.3) is 0 Å². The van der Waals surface area contributed by atoms with Gasteiger partial charge < -0.3 is 9.84 Å². The van der Waals surface area contributed by atoms with Gasteiger partial charge in [-0.05, 0) is 55.7 Å². The molecule has 2 aromatic heterocycles. The Morgan fingerprint density at radius 1 is 1.17 bits per heavy atom. The third-order valence-corrected chi connectivity index (χ3v) is 6.67. The molecule has 2 aliphatic carbocycles. The average Bonchev–Trinajstić information content (AvgIpc) is 3.34. The van der Waals surface area contributed by atoms with E-state index in [1.54, 1.807) is 12.4 Å². The molecular weight excluding hydrogens is 364 g/mol. The first kappa shape index (κ1) is 20.0. The molecule has 0 atom stereocenters. The van der Waals surface area contributed by atoms with E-state index in [1.807, 2.05) is 13.0 Å². The first-order valence-corrected chi connectivity index (χ1v) is 11.2. The Kier molecular flexibility index (Phi) is 6.26. The lowest BCUT2D eigenvalue weighted by Crippen LogP contribution is -2.47. The largest absolute Gasteiger partial charge is 0.343 e. The molecule has 0 saturated heterocycles. The number of pyridine rings is 1. The lowest BCUT2D eigenvalue weighted by atomic mass is 9.88. The van der Waals surface area contributed by atoms with E-state index in [0.717, 1.165) is 49.1 Å². The fourth-order valence-electron chi connectivity index (χ4n) is 4.90. The number of hydrogen-bond donors (Lipinski definition) is 1. The Morgan fingerprint density at radius 2 is 1.93 bits per heavy atom. The Labute approximate surface area is 172 Å². The normalized spacial score (nSPS) is 19.8. The summed E-state index contributed by atoms with van der Waals surface area (Å²) >= 11 is 0. The average molecular weight is 397 g/mol. The highest BCUT2D eigenvalue weighted by atomic mass is 16.5. The summed E-state index contributed by atoms with van der Waals surface area (Å²) < 4.78 is 5.64. The Balaban J connectivity index is 1.51. The van der Waals surface area contributed by atoms with Gasteiger partial charge in [0.2, 0.25) is 11.8 Å². The van der Waals surface area contributed by atoms with Crippen LogP contribution in [0, 0.1) is 12.8 Å². The number of carbonyl (C=O) groups excluding carboxylic acids is 1. The van der Waals surface area contributed by atoms with Crippen LogP contribution >= 0.6 is 0 Å². The molecule has 6 nitrogen and oxygen atoms in total. The van der Waals surface area contributed by atoms with Crippen molar-refractivity contribution < 1.29 is 9.32 Å². The Bertz CT molecular complexity index is 818. The van der Waals surface area contributed by atoms with E-state index in [0.29, 0.717) is 18.2 Å². The van der Waals surface area contributed by atoms with Gasteiger partial charge in [-0.25, -0.2) is 0 Å². The number of aromatic nitrogens is 3. The molecule has 0 aliphatic heterocycles. The van der Waals surface area contributed by atoms with Crippen molar-refractivity contribution in [2.24, 2.45) is 5.92 Å². The van der Waals surface area contributed by atoms with Crippen LogP contribution < -0.4 is 5.32 Å². The highest BCUT2D eigenvalue weighted by molar-refractivity contribution is 5.79. The molecule has 1 amide bonds. The van der Waals surface area contributed by atoms with Crippen molar-refractivity contribution in [3.8, 4) is 0 Å². The number of carbonyl (C=O) groups is 1. The molecular formula is C23H32N4O2. The molecule has 6 heteroatoms. The van der Waals surface area contributed by atoms with E-state index in [2.05, 4.69) is 15.5 Å². The van der Waals surface area contributed by atoms with Gasteiger partial charge in [-0.1, -0.05) is 43.7 Å². The minimum atomic E-state index is -0.513. The van der Waals surface area contributed by atoms with Crippen LogP contribution in [-0.4, -0.2) is 21.0 Å². The first-order valence-electron chi connectivity index (χ1n) is 11.2. The molecule has 2 fully saturated rings. The summed E-state index contributed by atoms with van der Waals surface area (Å²) in [4.78, 5) is 21.9. The maximum Gasteiger partial charge on any atom is 0.227 e. The molecule has 2 aromatic rings. The summed E-state index contributed by atoms with van der Waals surface area (Å²) in [6.07, 6.45) is 16.1. The summed E-state index contributed by atoms with van der Waals surface area (Å²) in [5.41, 5.74) is 1.54. The number of aryl methyl sites for hydroxylation is 1. The lowest BCUT2D eigenvalue weighted by Gasteiger charge is -2.31. The van der Waals surface area contributed by atoms with Crippen LogP contribution in [0.4, 0.5) is 0 Å². The second kappa shape index (κ2) is 9.06. The van der Waals surface area contributed by atoms with Crippen molar-refractivity contribution in [3.63, 3.8) is 0 Å². The fourth-order valence-corrected chi connectivity index (χ4v) is 4.90. The molecule has 0 bridgehead atoms. The SMILES string of the molecule is Cc1ccncc1CC(=O)NC1(c2noc(CC3CCCC3)n2)CCCCCC1. The zero-order valence-electron chi connectivity index (χ0n) is 17.5. The minimum Gasteiger partial charge on any atom is -0.343 e. The predicted molar refractivity (Wildman–Crippen MR) is 110 cm³/mol. The molecule has 1 N–H and O–H groups in total. The quantitative estimate of drug-likeness (QED) is 0.731. The van der Waals surface area contributed by atoms with Crippen LogP contribution in [0.2, 0.25) is 0 Å². The smallest absolute Gasteiger partial charge is 0.227 e. The number of rotatable bonds is 6. The van der Waals surface area contributed by atoms with Crippen LogP contribution in [0.15, 0.2) is 23.0 Å². The zero-order chi connectivity index (χ0) is 20.1. The van der Waals surface area contributed by atoms with Crippen LogP contribution in [-0.2, 0) is 23.2 Å². The molecule has 0 spiro atoms. The van der Waals surface area contributed by atoms with Crippen molar-refractivity contribution in [1.82, 2.24) is 20.4 Å². The van der Waals surface area contributed by atoms with Gasteiger partial charge in [-0.15, -0.1) is 0 Å². The summed E-state index contributed by atoms with van der Waals surface area (Å²) in [5, 5.41) is 7.68. The van der Waals surface area contributed by atoms with Crippen LogP contribution in [0.25, 0.3) is 0 Å². The summed E-state index contributed by atoms with van der Waals surface area (Å²) in [7, 11) is 0. The third-order valence-electron chi connectivity index (χ3n) is 6.67. The molecule has 2 saturated carbocycles. The van der Waals surface area contributed by atoms with Gasteiger partial charge in [0.15, 0.2) is 5.82 Å². The van der Waals surface area contributed by atoms with Gasteiger partial charge in [0.1, 0.15) is 5.54 Å². The third kappa shape index (κ3) is 4.85. The number of nitrogens with zero attached hydrogens (tertiary/aromatic N) is 3. The van der Waals surface area contributed by atoms with Crippen molar-refractivity contribution in [3.05, 3.63) is 41.3 Å². The van der Waals surface area contributed by atoms with Crippen molar-refractivity contribution in [2.45, 2.75) is 89.5 Å². The second-order valence-corrected chi connectivity index (χ2v) is 8.89. The van der Waals surface area contributed by atoms with Crippen LogP contribution in [0.5, 0.6) is 0 Å². The van der Waals surface area contributed by atoms with E-state index in [9.17, 15) is 4.79 Å². The second-order valence-electron chi connectivity index (χ2n) is 8.89. The molecule has 0 aromatic carbocycles. The molecule has 156 valence electrons. The zero-order valence-corrected chi connectivity index (χ0v) is 17.5. The minimum absolute atomic E-state index is 0.00476. The van der Waals surface area contributed by atoms with Gasteiger partial charge >= 0.3 is 0 Å². The highest BCUT2D eigenvalue weighted by Gasteiger charge is 2.39. The number of nitrogens with one attached hydrogen (secondary N) is 1. The van der Waals surface area contributed by atoms with Gasteiger partial charge in [-0.2, -0.15) is 4.98 Å². The van der Waals surface area contributed by atoms with Crippen LogP contribution in [0.3, 0.4) is 0 Å². The van der Waals surface area contributed by atoms with E-state index >= 15 is 0 Å². The van der Waals surface area contributed by atoms with Crippen LogP contribution in [0.1, 0.15) is 87.1 Å². The molecule has 2 heterocycles. The molecule has 4 rings (SSSR count). The number of hydrogen-bond acceptors (Lipinski definition) is 5. The Hall–Kier alpha value is -2.24. The molecule has 29 heavy (non-hydrogen) atoms. The van der Waals surface area contributed by atoms with Gasteiger partial charge in [0.05, 0.1) is 6.42 Å². The van der Waals surface area contributed by atoms with Crippen molar-refractivity contribution in [1.29, 1.82) is 0 Å². The van der Waals surface area contributed by atoms with E-state index in [1.165, 1.54) is 38.5 Å². The molecule has 0 unspecified atom stereocenters. The highest BCUT2D eigenvalue weighted by Crippen LogP contribution is 2.35. The standard InChI is InChI=1S/C23H32N4O2/c1-17-10-13-24-16-19(17)15-20(28)26-23(11-6-2-3-7-12-23)22-25-21(29-27-22)14-18-8-4-5-9-18/h10,13,16,18H,2-9,11-12,14-15H2,1H3,(H,26,28).